The van der Waals surface area contributed by atoms with Crippen molar-refractivity contribution in [3.8, 4) is 0 Å². The third-order valence-electron chi connectivity index (χ3n) is 1.21. The zero-order chi connectivity index (χ0) is 9.94. The van der Waals surface area contributed by atoms with Crippen LogP contribution in [0.3, 0.4) is 0 Å². The van der Waals surface area contributed by atoms with Crippen molar-refractivity contribution in [3.05, 3.63) is 0 Å². The van der Waals surface area contributed by atoms with Crippen LogP contribution < -0.4 is 4.72 Å². The third-order valence-corrected chi connectivity index (χ3v) is 1.86. The highest BCUT2D eigenvalue weighted by Gasteiger charge is 2.27. The summed E-state index contributed by atoms with van der Waals surface area (Å²) in [7, 11) is 0. The molecule has 1 N–H and O–H groups in total. The maximum absolute atomic E-state index is 11.3. The molecule has 0 saturated carbocycles. The van der Waals surface area contributed by atoms with Crippen LogP contribution in [0.2, 0.25) is 0 Å². The Morgan fingerprint density at radius 2 is 1.58 bits per heavy atom. The minimum absolute atomic E-state index is 0.348. The average molecular weight is 191 g/mol. The molecule has 0 heterocycles. The van der Waals surface area contributed by atoms with Crippen molar-refractivity contribution in [2.75, 3.05) is 12.5 Å². The first-order valence-electron chi connectivity index (χ1n) is 3.78. The zero-order valence-corrected chi connectivity index (χ0v) is 9.16. The van der Waals surface area contributed by atoms with Gasteiger partial charge >= 0.3 is 0 Å². The van der Waals surface area contributed by atoms with Gasteiger partial charge in [-0.3, -0.25) is 9.59 Å². The lowest BCUT2D eigenvalue weighted by Gasteiger charge is -2.18. The van der Waals surface area contributed by atoms with Gasteiger partial charge in [-0.05, 0) is 12.5 Å². The van der Waals surface area contributed by atoms with Crippen molar-refractivity contribution in [1.29, 1.82) is 0 Å². The molecule has 0 unspecified atom stereocenters. The van der Waals surface area contributed by atoms with Crippen molar-refractivity contribution in [1.82, 2.24) is 4.72 Å². The van der Waals surface area contributed by atoms with E-state index in [0.29, 0.717) is 0 Å². The van der Waals surface area contributed by atoms with Crippen LogP contribution in [0.15, 0.2) is 0 Å². The molecule has 0 atom stereocenters. The van der Waals surface area contributed by atoms with Crippen LogP contribution in [-0.2, 0) is 9.59 Å². The highest BCUT2D eigenvalue weighted by Crippen LogP contribution is 2.16. The van der Waals surface area contributed by atoms with Crippen molar-refractivity contribution in [2.45, 2.75) is 20.8 Å². The summed E-state index contributed by atoms with van der Waals surface area (Å²) >= 11 is -0.540. The van der Waals surface area contributed by atoms with E-state index in [2.05, 4.69) is 4.72 Å². The Bertz CT molecular complexity index is 194. The van der Waals surface area contributed by atoms with E-state index in [9.17, 15) is 9.59 Å². The molecule has 0 fully saturated rings. The lowest BCUT2D eigenvalue weighted by atomic mass is 9.91. The predicted octanol–water partition coefficient (Wildman–Crippen LogP) is 0.894. The van der Waals surface area contributed by atoms with E-state index in [4.69, 9.17) is 0 Å². The lowest BCUT2D eigenvalue weighted by Crippen LogP contribution is -2.36. The first-order valence-corrected chi connectivity index (χ1v) is 6.01. The molecule has 1 amide bonds. The summed E-state index contributed by atoms with van der Waals surface area (Å²) in [6, 6.07) is 0. The molecular formula is C8H17NO2S. The van der Waals surface area contributed by atoms with Crippen molar-refractivity contribution in [2.24, 2.45) is 5.41 Å². The number of nitrogens with one attached hydrogen (secondary N) is 1. The van der Waals surface area contributed by atoms with Crippen LogP contribution in [0, 0.1) is 5.41 Å². The number of rotatable bonds is 2. The predicted molar refractivity (Wildman–Crippen MR) is 53.4 cm³/mol. The normalized spacial score (nSPS) is 12.2. The molecule has 4 heteroatoms. The van der Waals surface area contributed by atoms with E-state index in [1.54, 1.807) is 20.8 Å². The second kappa shape index (κ2) is 3.94. The van der Waals surface area contributed by atoms with E-state index in [0.717, 1.165) is 0 Å². The van der Waals surface area contributed by atoms with Crippen LogP contribution >= 0.6 is 11.1 Å². The number of carbonyl (C=O) groups is 2. The minimum Gasteiger partial charge on any atom is -0.315 e. The maximum atomic E-state index is 11.3. The van der Waals surface area contributed by atoms with E-state index in [1.807, 2.05) is 12.5 Å². The first kappa shape index (κ1) is 11.5. The smallest absolute Gasteiger partial charge is 0.296 e. The molecule has 0 spiro atoms. The van der Waals surface area contributed by atoms with Crippen molar-refractivity contribution < 1.29 is 9.59 Å². The number of hydrogen-bond donors (Lipinski definition) is 2. The van der Waals surface area contributed by atoms with Gasteiger partial charge in [0.2, 0.25) is 5.78 Å². The Balaban J connectivity index is 4.22. The topological polar surface area (TPSA) is 46.2 Å². The van der Waals surface area contributed by atoms with Gasteiger partial charge in [-0.1, -0.05) is 20.8 Å². The summed E-state index contributed by atoms with van der Waals surface area (Å²) in [6.45, 7) is 5.22. The standard InChI is InChI=1S/C8H17NO2S/c1-8(2,3)6(10)7(11)9-12(4)5/h12H,1-5H3,(H,9,11). The van der Waals surface area contributed by atoms with Crippen LogP contribution in [0.5, 0.6) is 0 Å². The fourth-order valence-corrected chi connectivity index (χ4v) is 1.10. The van der Waals surface area contributed by atoms with Gasteiger partial charge in [-0.25, -0.2) is 0 Å². The number of Topliss-reactive ketones (excluding diaryl/α,β-unsaturated/α-hetero) is 1. The summed E-state index contributed by atoms with van der Waals surface area (Å²) in [5.74, 6) is -0.808. The Morgan fingerprint density at radius 1 is 1.17 bits per heavy atom. The maximum Gasteiger partial charge on any atom is 0.296 e. The van der Waals surface area contributed by atoms with Gasteiger partial charge in [0.15, 0.2) is 0 Å². The van der Waals surface area contributed by atoms with Gasteiger partial charge in [-0.2, -0.15) is 11.1 Å². The Kier molecular flexibility index (Phi) is 3.77. The van der Waals surface area contributed by atoms with Gasteiger partial charge in [0.25, 0.3) is 5.91 Å². The second-order valence-corrected chi connectivity index (χ2v) is 5.93. The van der Waals surface area contributed by atoms with E-state index in [-0.39, 0.29) is 5.78 Å². The SMILES string of the molecule is C[SH](C)NC(=O)C(=O)C(C)(C)C. The zero-order valence-electron chi connectivity index (χ0n) is 8.26. The molecule has 0 aromatic heterocycles. The van der Waals surface area contributed by atoms with Crippen LogP contribution in [0.25, 0.3) is 0 Å². The summed E-state index contributed by atoms with van der Waals surface area (Å²) in [6.07, 6.45) is 3.78. The summed E-state index contributed by atoms with van der Waals surface area (Å²) in [4.78, 5) is 22.5. The highest BCUT2D eigenvalue weighted by molar-refractivity contribution is 8.14. The van der Waals surface area contributed by atoms with E-state index < -0.39 is 22.4 Å². The molecule has 12 heavy (non-hydrogen) atoms. The fraction of sp³-hybridized carbons (Fsp3) is 0.750. The molecule has 72 valence electrons. The number of ketones is 1. The summed E-state index contributed by atoms with van der Waals surface area (Å²) in [5.41, 5.74) is -0.574. The first-order chi connectivity index (χ1) is 5.25. The minimum atomic E-state index is -0.574. The Labute approximate surface area is 76.4 Å². The van der Waals surface area contributed by atoms with Crippen molar-refractivity contribution in [3.63, 3.8) is 0 Å². The molecule has 0 aliphatic heterocycles. The second-order valence-electron chi connectivity index (χ2n) is 3.91. The van der Waals surface area contributed by atoms with Gasteiger partial charge in [0.1, 0.15) is 0 Å². The van der Waals surface area contributed by atoms with Crippen LogP contribution in [0.4, 0.5) is 0 Å². The van der Waals surface area contributed by atoms with Crippen LogP contribution in [-0.4, -0.2) is 24.2 Å². The quantitative estimate of drug-likeness (QED) is 0.503. The largest absolute Gasteiger partial charge is 0.315 e. The Morgan fingerprint density at radius 3 is 1.83 bits per heavy atom. The van der Waals surface area contributed by atoms with E-state index in [1.165, 1.54) is 0 Å². The molecule has 0 aromatic rings. The molecule has 3 nitrogen and oxygen atoms in total. The van der Waals surface area contributed by atoms with Crippen LogP contribution in [0.1, 0.15) is 20.8 Å². The highest BCUT2D eigenvalue weighted by atomic mass is 32.2. The molecular weight excluding hydrogens is 174 g/mol. The lowest BCUT2D eigenvalue weighted by molar-refractivity contribution is -0.141. The van der Waals surface area contributed by atoms with Gasteiger partial charge in [0.05, 0.1) is 0 Å². The van der Waals surface area contributed by atoms with E-state index >= 15 is 0 Å². The number of thiol groups is 1. The van der Waals surface area contributed by atoms with Gasteiger partial charge in [0, 0.05) is 5.41 Å². The fourth-order valence-electron chi connectivity index (χ4n) is 0.594. The molecule has 0 rings (SSSR count). The molecule has 0 bridgehead atoms. The van der Waals surface area contributed by atoms with Gasteiger partial charge in [-0.15, -0.1) is 0 Å². The third kappa shape index (κ3) is 3.76. The molecule has 0 radical (unpaired) electrons. The monoisotopic (exact) mass is 191 g/mol. The summed E-state index contributed by atoms with van der Waals surface area (Å²) < 4.78 is 2.63. The molecule has 0 aliphatic rings. The number of carbonyl (C=O) groups excluding carboxylic acids is 2. The Hall–Kier alpha value is -0.510. The number of hydrogen-bond acceptors (Lipinski definition) is 2. The average Bonchev–Trinajstić information content (AvgIpc) is 1.82. The summed E-state index contributed by atoms with van der Waals surface area (Å²) in [5, 5.41) is 0. The molecule has 0 aliphatic carbocycles. The van der Waals surface area contributed by atoms with Crippen molar-refractivity contribution >= 4 is 22.8 Å². The van der Waals surface area contributed by atoms with Gasteiger partial charge < -0.3 is 4.72 Å². The number of amides is 1. The molecule has 0 saturated heterocycles. The molecule has 0 aromatic carbocycles.